The maximum Gasteiger partial charge on any atom is 0.130 e. The normalized spacial score (nSPS) is 7.78. The molecule has 0 rings (SSSR count). The van der Waals surface area contributed by atoms with Crippen molar-refractivity contribution in [2.75, 3.05) is 0 Å². The van der Waals surface area contributed by atoms with Gasteiger partial charge in [-0.2, -0.15) is 0 Å². The molecule has 0 heterocycles. The maximum absolute atomic E-state index is 10.2. The molecule has 0 saturated heterocycles. The highest BCUT2D eigenvalue weighted by Gasteiger charge is 1.95. The molecule has 0 aromatic carbocycles. The van der Waals surface area contributed by atoms with Crippen LogP contribution in [-0.2, 0) is 9.59 Å². The van der Waals surface area contributed by atoms with Gasteiger partial charge in [0.1, 0.15) is 11.6 Å². The summed E-state index contributed by atoms with van der Waals surface area (Å²) in [6.07, 6.45) is 0.796. The Bertz CT molecular complexity index is 95.6. The number of carbonyl (C=O) groups excluding carboxylic acids is 2. The molecule has 0 unspecified atom stereocenters. The quantitative estimate of drug-likeness (QED) is 0.609. The Morgan fingerprint density at radius 1 is 1.00 bits per heavy atom. The van der Waals surface area contributed by atoms with E-state index in [2.05, 4.69) is 0 Å². The molecule has 0 aliphatic rings. The summed E-state index contributed by atoms with van der Waals surface area (Å²) in [5.74, 6) is 0.167. The van der Waals surface area contributed by atoms with E-state index >= 15 is 0 Å². The molecule has 0 aromatic heterocycles. The minimum atomic E-state index is 0. The second kappa shape index (κ2) is 5.76. The van der Waals surface area contributed by atoms with Gasteiger partial charge in [-0.25, -0.2) is 0 Å². The van der Waals surface area contributed by atoms with Gasteiger partial charge in [0.25, 0.3) is 0 Å². The number of ketones is 2. The molecule has 0 atom stereocenters. The zero-order valence-corrected chi connectivity index (χ0v) is 6.46. The standard InChI is InChI=1S/C6H10O2.ClH/c1-5(7)3-4-6(2)8;/h3-4H2,1-2H3;1H. The van der Waals surface area contributed by atoms with Gasteiger partial charge in [0.15, 0.2) is 0 Å². The summed E-state index contributed by atoms with van der Waals surface area (Å²) in [5.41, 5.74) is 0. The molecule has 0 N–H and O–H groups in total. The van der Waals surface area contributed by atoms with E-state index in [1.54, 1.807) is 0 Å². The summed E-state index contributed by atoms with van der Waals surface area (Å²) in [6, 6.07) is 0. The Balaban J connectivity index is 0. The molecule has 0 amide bonds. The molecule has 0 aromatic rings. The molecular weight excluding hydrogens is 140 g/mol. The topological polar surface area (TPSA) is 34.1 Å². The first-order valence-electron chi connectivity index (χ1n) is 2.62. The van der Waals surface area contributed by atoms with E-state index in [1.807, 2.05) is 0 Å². The second-order valence-electron chi connectivity index (χ2n) is 1.90. The zero-order valence-electron chi connectivity index (χ0n) is 5.64. The van der Waals surface area contributed by atoms with Crippen LogP contribution < -0.4 is 0 Å². The average Bonchev–Trinajstić information content (AvgIpc) is 1.61. The van der Waals surface area contributed by atoms with Crippen molar-refractivity contribution in [3.05, 3.63) is 0 Å². The zero-order chi connectivity index (χ0) is 6.57. The van der Waals surface area contributed by atoms with Crippen LogP contribution in [0.1, 0.15) is 26.7 Å². The van der Waals surface area contributed by atoms with Crippen LogP contribution in [0.5, 0.6) is 0 Å². The smallest absolute Gasteiger partial charge is 0.130 e. The Morgan fingerprint density at radius 2 is 1.22 bits per heavy atom. The fraction of sp³-hybridized carbons (Fsp3) is 0.667. The number of hydrogen-bond donors (Lipinski definition) is 0. The molecule has 0 bridgehead atoms. The molecule has 0 saturated carbocycles. The molecule has 9 heavy (non-hydrogen) atoms. The van der Waals surface area contributed by atoms with Gasteiger partial charge in [0, 0.05) is 12.8 Å². The van der Waals surface area contributed by atoms with Gasteiger partial charge >= 0.3 is 0 Å². The molecule has 2 nitrogen and oxygen atoms in total. The lowest BCUT2D eigenvalue weighted by Crippen LogP contribution is -1.95. The summed E-state index contributed by atoms with van der Waals surface area (Å²) >= 11 is 0. The van der Waals surface area contributed by atoms with Gasteiger partial charge in [0.2, 0.25) is 0 Å². The molecular formula is C6H11ClO2. The van der Waals surface area contributed by atoms with E-state index in [9.17, 15) is 9.59 Å². The fourth-order valence-corrected chi connectivity index (χ4v) is 0.352. The SMILES string of the molecule is CC(=O)CCC(C)=O.Cl. The van der Waals surface area contributed by atoms with Gasteiger partial charge in [-0.05, 0) is 13.8 Å². The van der Waals surface area contributed by atoms with Crippen LogP contribution in [0.15, 0.2) is 0 Å². The minimum absolute atomic E-state index is 0. The molecule has 0 spiro atoms. The Kier molecular flexibility index (Phi) is 7.32. The van der Waals surface area contributed by atoms with E-state index in [0.717, 1.165) is 0 Å². The lowest BCUT2D eigenvalue weighted by atomic mass is 10.2. The van der Waals surface area contributed by atoms with Crippen molar-refractivity contribution >= 4 is 24.0 Å². The number of rotatable bonds is 3. The van der Waals surface area contributed by atoms with Crippen LogP contribution in [0.4, 0.5) is 0 Å². The van der Waals surface area contributed by atoms with Crippen molar-refractivity contribution in [2.45, 2.75) is 26.7 Å². The van der Waals surface area contributed by atoms with Gasteiger partial charge in [-0.15, -0.1) is 12.4 Å². The number of carbonyl (C=O) groups is 2. The first kappa shape index (κ1) is 11.4. The molecule has 0 aliphatic carbocycles. The molecule has 54 valence electrons. The lowest BCUT2D eigenvalue weighted by Gasteiger charge is -1.86. The highest BCUT2D eigenvalue weighted by Crippen LogP contribution is 1.89. The summed E-state index contributed by atoms with van der Waals surface area (Å²) in [4.78, 5) is 20.4. The van der Waals surface area contributed by atoms with Crippen LogP contribution >= 0.6 is 12.4 Å². The summed E-state index contributed by atoms with van der Waals surface area (Å²) < 4.78 is 0. The molecule has 0 radical (unpaired) electrons. The van der Waals surface area contributed by atoms with Gasteiger partial charge in [-0.3, -0.25) is 0 Å². The lowest BCUT2D eigenvalue weighted by molar-refractivity contribution is -0.122. The first-order valence-corrected chi connectivity index (χ1v) is 2.62. The van der Waals surface area contributed by atoms with Crippen LogP contribution in [0.2, 0.25) is 0 Å². The monoisotopic (exact) mass is 150 g/mol. The molecule has 0 aliphatic heterocycles. The van der Waals surface area contributed by atoms with E-state index in [1.165, 1.54) is 13.8 Å². The molecule has 0 fully saturated rings. The van der Waals surface area contributed by atoms with Crippen molar-refractivity contribution in [3.63, 3.8) is 0 Å². The van der Waals surface area contributed by atoms with Crippen LogP contribution in [0, 0.1) is 0 Å². The van der Waals surface area contributed by atoms with E-state index in [0.29, 0.717) is 12.8 Å². The average molecular weight is 151 g/mol. The third-order valence-electron chi connectivity index (χ3n) is 0.829. The van der Waals surface area contributed by atoms with E-state index in [4.69, 9.17) is 0 Å². The van der Waals surface area contributed by atoms with Gasteiger partial charge in [-0.1, -0.05) is 0 Å². The van der Waals surface area contributed by atoms with Crippen LogP contribution in [0.3, 0.4) is 0 Å². The minimum Gasteiger partial charge on any atom is -0.300 e. The largest absolute Gasteiger partial charge is 0.300 e. The van der Waals surface area contributed by atoms with E-state index in [-0.39, 0.29) is 24.0 Å². The molecule has 3 heteroatoms. The van der Waals surface area contributed by atoms with Crippen molar-refractivity contribution in [3.8, 4) is 0 Å². The van der Waals surface area contributed by atoms with Gasteiger partial charge < -0.3 is 9.59 Å². The number of halogens is 1. The summed E-state index contributed by atoms with van der Waals surface area (Å²) in [6.45, 7) is 2.98. The van der Waals surface area contributed by atoms with Crippen LogP contribution in [-0.4, -0.2) is 11.6 Å². The van der Waals surface area contributed by atoms with Crippen molar-refractivity contribution < 1.29 is 9.59 Å². The number of Topliss-reactive ketones (excluding diaryl/α,β-unsaturated/α-hetero) is 2. The second-order valence-corrected chi connectivity index (χ2v) is 1.90. The van der Waals surface area contributed by atoms with Crippen molar-refractivity contribution in [1.29, 1.82) is 0 Å². The van der Waals surface area contributed by atoms with Gasteiger partial charge in [0.05, 0.1) is 0 Å². The fourth-order valence-electron chi connectivity index (χ4n) is 0.352. The highest BCUT2D eigenvalue weighted by atomic mass is 35.5. The first-order chi connectivity index (χ1) is 3.63. The van der Waals surface area contributed by atoms with Crippen molar-refractivity contribution in [2.24, 2.45) is 0 Å². The third-order valence-corrected chi connectivity index (χ3v) is 0.829. The van der Waals surface area contributed by atoms with Crippen LogP contribution in [0.25, 0.3) is 0 Å². The predicted molar refractivity (Wildman–Crippen MR) is 37.8 cm³/mol. The summed E-state index contributed by atoms with van der Waals surface area (Å²) in [7, 11) is 0. The summed E-state index contributed by atoms with van der Waals surface area (Å²) in [5, 5.41) is 0. The maximum atomic E-state index is 10.2. The number of hydrogen-bond acceptors (Lipinski definition) is 2. The Labute approximate surface area is 61.0 Å². The van der Waals surface area contributed by atoms with E-state index < -0.39 is 0 Å². The van der Waals surface area contributed by atoms with Crippen molar-refractivity contribution in [1.82, 2.24) is 0 Å². The Hall–Kier alpha value is -0.370. The Morgan fingerprint density at radius 3 is 1.33 bits per heavy atom. The highest BCUT2D eigenvalue weighted by molar-refractivity contribution is 5.85. The predicted octanol–water partition coefficient (Wildman–Crippen LogP) is 1.37. The third kappa shape index (κ3) is 11.3.